The lowest BCUT2D eigenvalue weighted by atomic mass is 10.1. The van der Waals surface area contributed by atoms with E-state index in [0.717, 1.165) is 24.1 Å². The molecule has 1 fully saturated rings. The molecule has 1 saturated carbocycles. The van der Waals surface area contributed by atoms with E-state index in [2.05, 4.69) is 31.1 Å². The third kappa shape index (κ3) is 4.54. The van der Waals surface area contributed by atoms with E-state index in [0.29, 0.717) is 29.7 Å². The zero-order valence-corrected chi connectivity index (χ0v) is 16.4. The molecule has 3 aromatic rings. The highest BCUT2D eigenvalue weighted by molar-refractivity contribution is 5.59. The maximum absolute atomic E-state index is 14.7. The number of aromatic amines is 1. The first kappa shape index (κ1) is 19.3. The molecule has 0 aliphatic heterocycles. The van der Waals surface area contributed by atoms with Gasteiger partial charge < -0.3 is 16.0 Å². The lowest BCUT2D eigenvalue weighted by molar-refractivity contribution is 0.621. The van der Waals surface area contributed by atoms with Gasteiger partial charge in [0.15, 0.2) is 17.5 Å². The zero-order valence-electron chi connectivity index (χ0n) is 16.4. The second-order valence-electron chi connectivity index (χ2n) is 7.38. The highest BCUT2D eigenvalue weighted by atomic mass is 19.1. The van der Waals surface area contributed by atoms with Crippen molar-refractivity contribution >= 4 is 17.5 Å². The Labute approximate surface area is 168 Å². The van der Waals surface area contributed by atoms with Gasteiger partial charge in [-0.25, -0.2) is 13.8 Å². The van der Waals surface area contributed by atoms with Crippen LogP contribution in [0.4, 0.5) is 26.2 Å². The first-order valence-corrected chi connectivity index (χ1v) is 9.72. The number of anilines is 3. The molecule has 4 rings (SSSR count). The van der Waals surface area contributed by atoms with Crippen LogP contribution in [0.3, 0.4) is 0 Å². The predicted molar refractivity (Wildman–Crippen MR) is 109 cm³/mol. The van der Waals surface area contributed by atoms with Crippen molar-refractivity contribution < 1.29 is 8.78 Å². The molecule has 1 unspecified atom stereocenters. The fourth-order valence-corrected chi connectivity index (χ4v) is 3.23. The van der Waals surface area contributed by atoms with E-state index in [4.69, 9.17) is 0 Å². The molecular weight excluding hydrogens is 374 g/mol. The van der Waals surface area contributed by atoms with Gasteiger partial charge in [0.05, 0.1) is 0 Å². The smallest absolute Gasteiger partial charge is 0.170 e. The van der Waals surface area contributed by atoms with E-state index in [1.807, 2.05) is 13.0 Å². The number of halogens is 2. The van der Waals surface area contributed by atoms with Gasteiger partial charge in [0, 0.05) is 35.8 Å². The Morgan fingerprint density at radius 3 is 2.59 bits per heavy atom. The molecule has 1 atom stereocenters. The maximum Gasteiger partial charge on any atom is 0.170 e. The molecule has 0 bridgehead atoms. The SMILES string of the molecule is CNCc1cc(F)c(Nc2cc(C3CC3)[nH]n2)nc1NC(C)c1ccc(F)cc1. The summed E-state index contributed by atoms with van der Waals surface area (Å²) < 4.78 is 27.9. The summed E-state index contributed by atoms with van der Waals surface area (Å²) in [5.41, 5.74) is 2.66. The molecule has 1 aliphatic rings. The Kier molecular flexibility index (Phi) is 5.44. The summed E-state index contributed by atoms with van der Waals surface area (Å²) in [6.07, 6.45) is 2.31. The van der Waals surface area contributed by atoms with Crippen LogP contribution in [-0.4, -0.2) is 22.2 Å². The van der Waals surface area contributed by atoms with Gasteiger partial charge in [-0.05, 0) is 50.6 Å². The number of nitrogens with one attached hydrogen (secondary N) is 4. The zero-order chi connectivity index (χ0) is 20.4. The maximum atomic E-state index is 14.7. The summed E-state index contributed by atoms with van der Waals surface area (Å²) in [5.74, 6) is 0.990. The lowest BCUT2D eigenvalue weighted by Crippen LogP contribution is -2.15. The van der Waals surface area contributed by atoms with Crippen molar-refractivity contribution in [3.05, 3.63) is 64.9 Å². The second-order valence-corrected chi connectivity index (χ2v) is 7.38. The van der Waals surface area contributed by atoms with Gasteiger partial charge in [0.2, 0.25) is 0 Å². The number of rotatable bonds is 8. The number of benzene rings is 1. The van der Waals surface area contributed by atoms with Gasteiger partial charge in [0.25, 0.3) is 0 Å². The van der Waals surface area contributed by atoms with E-state index >= 15 is 0 Å². The molecule has 1 aromatic carbocycles. The molecule has 0 radical (unpaired) electrons. The Morgan fingerprint density at radius 1 is 1.14 bits per heavy atom. The molecule has 4 N–H and O–H groups in total. The summed E-state index contributed by atoms with van der Waals surface area (Å²) in [4.78, 5) is 4.47. The predicted octanol–water partition coefficient (Wildman–Crippen LogP) is 4.60. The highest BCUT2D eigenvalue weighted by Crippen LogP contribution is 2.39. The number of aromatic nitrogens is 3. The molecule has 8 heteroatoms. The minimum absolute atomic E-state index is 0.104. The molecule has 152 valence electrons. The normalized spacial score (nSPS) is 14.6. The van der Waals surface area contributed by atoms with E-state index in [1.165, 1.54) is 18.2 Å². The average molecular weight is 398 g/mol. The van der Waals surface area contributed by atoms with Crippen molar-refractivity contribution in [1.82, 2.24) is 20.5 Å². The molecule has 29 heavy (non-hydrogen) atoms. The molecule has 0 saturated heterocycles. The Balaban J connectivity index is 1.58. The van der Waals surface area contributed by atoms with Gasteiger partial charge in [-0.15, -0.1) is 0 Å². The van der Waals surface area contributed by atoms with Crippen molar-refractivity contribution in [3.8, 4) is 0 Å². The Hall–Kier alpha value is -3.00. The summed E-state index contributed by atoms with van der Waals surface area (Å²) in [7, 11) is 1.79. The number of H-pyrrole nitrogens is 1. The van der Waals surface area contributed by atoms with Crippen LogP contribution >= 0.6 is 0 Å². The van der Waals surface area contributed by atoms with Crippen molar-refractivity contribution in [1.29, 1.82) is 0 Å². The summed E-state index contributed by atoms with van der Waals surface area (Å²) in [5, 5.41) is 16.5. The monoisotopic (exact) mass is 398 g/mol. The fourth-order valence-electron chi connectivity index (χ4n) is 3.23. The van der Waals surface area contributed by atoms with E-state index in [9.17, 15) is 8.78 Å². The molecular formula is C21H24F2N6. The molecule has 6 nitrogen and oxygen atoms in total. The third-order valence-corrected chi connectivity index (χ3v) is 5.01. The summed E-state index contributed by atoms with van der Waals surface area (Å²) in [6.45, 7) is 2.40. The summed E-state index contributed by atoms with van der Waals surface area (Å²) in [6, 6.07) is 9.50. The van der Waals surface area contributed by atoms with Crippen molar-refractivity contribution in [3.63, 3.8) is 0 Å². The third-order valence-electron chi connectivity index (χ3n) is 5.01. The van der Waals surface area contributed by atoms with Crippen LogP contribution < -0.4 is 16.0 Å². The van der Waals surface area contributed by atoms with E-state index < -0.39 is 5.82 Å². The van der Waals surface area contributed by atoms with E-state index in [-0.39, 0.29) is 17.7 Å². The number of hydrogen-bond donors (Lipinski definition) is 4. The van der Waals surface area contributed by atoms with E-state index in [1.54, 1.807) is 19.2 Å². The van der Waals surface area contributed by atoms with Gasteiger partial charge >= 0.3 is 0 Å². The fraction of sp³-hybridized carbons (Fsp3) is 0.333. The number of hydrogen-bond acceptors (Lipinski definition) is 5. The van der Waals surface area contributed by atoms with Crippen LogP contribution in [-0.2, 0) is 6.54 Å². The lowest BCUT2D eigenvalue weighted by Gasteiger charge is -2.19. The number of pyridine rings is 1. The first-order chi connectivity index (χ1) is 14.0. The van der Waals surface area contributed by atoms with Crippen LogP contribution in [0.2, 0.25) is 0 Å². The molecule has 2 aromatic heterocycles. The van der Waals surface area contributed by atoms with Crippen molar-refractivity contribution in [2.24, 2.45) is 0 Å². The first-order valence-electron chi connectivity index (χ1n) is 9.72. The van der Waals surface area contributed by atoms with Crippen LogP contribution in [0.25, 0.3) is 0 Å². The van der Waals surface area contributed by atoms with Gasteiger partial charge in [-0.2, -0.15) is 5.10 Å². The Morgan fingerprint density at radius 2 is 1.90 bits per heavy atom. The minimum atomic E-state index is -0.453. The topological polar surface area (TPSA) is 77.7 Å². The van der Waals surface area contributed by atoms with Crippen LogP contribution in [0.15, 0.2) is 36.4 Å². The quantitative estimate of drug-likeness (QED) is 0.446. The van der Waals surface area contributed by atoms with Gasteiger partial charge in [0.1, 0.15) is 11.6 Å². The molecule has 1 aliphatic carbocycles. The van der Waals surface area contributed by atoms with Crippen molar-refractivity contribution in [2.75, 3.05) is 17.7 Å². The van der Waals surface area contributed by atoms with Crippen molar-refractivity contribution in [2.45, 2.75) is 38.3 Å². The summed E-state index contributed by atoms with van der Waals surface area (Å²) >= 11 is 0. The molecule has 0 spiro atoms. The minimum Gasteiger partial charge on any atom is -0.363 e. The van der Waals surface area contributed by atoms with Crippen LogP contribution in [0, 0.1) is 11.6 Å². The largest absolute Gasteiger partial charge is 0.363 e. The Bertz CT molecular complexity index is 981. The highest BCUT2D eigenvalue weighted by Gasteiger charge is 2.25. The number of nitrogens with zero attached hydrogens (tertiary/aromatic N) is 2. The molecule has 0 amide bonds. The second kappa shape index (κ2) is 8.16. The molecule has 2 heterocycles. The van der Waals surface area contributed by atoms with Crippen LogP contribution in [0.1, 0.15) is 48.5 Å². The average Bonchev–Trinajstić information content (AvgIpc) is 3.45. The van der Waals surface area contributed by atoms with Gasteiger partial charge in [-0.1, -0.05) is 12.1 Å². The van der Waals surface area contributed by atoms with Crippen LogP contribution in [0.5, 0.6) is 0 Å². The standard InChI is InChI=1S/C21H24F2N6/c1-12(13-5-7-16(22)8-6-13)25-20-15(11-24-2)9-17(23)21(27-20)26-19-10-18(28-29-19)14-3-4-14/h5-10,12,14,24H,3-4,11H2,1-2H3,(H3,25,26,27,28,29). The van der Waals surface area contributed by atoms with Gasteiger partial charge in [-0.3, -0.25) is 5.10 Å².